The number of amides is 3. The first-order valence-electron chi connectivity index (χ1n) is 7.21. The van der Waals surface area contributed by atoms with Gasteiger partial charge in [0.2, 0.25) is 5.91 Å². The van der Waals surface area contributed by atoms with Crippen molar-refractivity contribution in [3.05, 3.63) is 0 Å². The van der Waals surface area contributed by atoms with E-state index in [0.717, 1.165) is 0 Å². The van der Waals surface area contributed by atoms with Crippen molar-refractivity contribution >= 4 is 17.9 Å². The molecule has 2 atom stereocenters. The summed E-state index contributed by atoms with van der Waals surface area (Å²) in [6, 6.07) is -1.23. The normalized spacial score (nSPS) is 13.7. The van der Waals surface area contributed by atoms with E-state index in [0.29, 0.717) is 6.42 Å². The van der Waals surface area contributed by atoms with Gasteiger partial charge in [-0.15, -0.1) is 0 Å². The smallest absolute Gasteiger partial charge is 0.315 e. The minimum atomic E-state index is -0.936. The predicted molar refractivity (Wildman–Crippen MR) is 79.9 cm³/mol. The molecule has 4 N–H and O–H groups in total. The molecule has 0 rings (SSSR count). The third-order valence-electron chi connectivity index (χ3n) is 2.79. The van der Waals surface area contributed by atoms with E-state index in [9.17, 15) is 14.4 Å². The van der Waals surface area contributed by atoms with Gasteiger partial charge < -0.3 is 21.1 Å². The maximum absolute atomic E-state index is 11.7. The van der Waals surface area contributed by atoms with Crippen molar-refractivity contribution in [2.24, 2.45) is 11.8 Å². The average molecular weight is 301 g/mol. The summed E-state index contributed by atoms with van der Waals surface area (Å²) in [5.41, 5.74) is 0. The van der Waals surface area contributed by atoms with Gasteiger partial charge in [-0.3, -0.25) is 9.59 Å². The van der Waals surface area contributed by atoms with Gasteiger partial charge in [0.25, 0.3) is 0 Å². The molecule has 0 fully saturated rings. The van der Waals surface area contributed by atoms with Crippen LogP contribution in [-0.2, 0) is 9.59 Å². The molecule has 0 aliphatic carbocycles. The summed E-state index contributed by atoms with van der Waals surface area (Å²) in [7, 11) is 0. The number of aliphatic carboxylic acids is 1. The lowest BCUT2D eigenvalue weighted by Crippen LogP contribution is -2.50. The van der Waals surface area contributed by atoms with E-state index in [4.69, 9.17) is 5.11 Å². The highest BCUT2D eigenvalue weighted by Crippen LogP contribution is 2.10. The first-order chi connectivity index (χ1) is 9.63. The second-order valence-electron chi connectivity index (χ2n) is 5.90. The molecule has 7 heteroatoms. The van der Waals surface area contributed by atoms with Crippen LogP contribution >= 0.6 is 0 Å². The molecule has 0 aromatic rings. The van der Waals surface area contributed by atoms with Crippen LogP contribution in [0.25, 0.3) is 0 Å². The van der Waals surface area contributed by atoms with Crippen LogP contribution in [0.15, 0.2) is 0 Å². The first kappa shape index (κ1) is 19.2. The van der Waals surface area contributed by atoms with Crippen LogP contribution in [0.2, 0.25) is 0 Å². The Morgan fingerprint density at radius 1 is 1.00 bits per heavy atom. The van der Waals surface area contributed by atoms with Crippen molar-refractivity contribution in [2.45, 2.75) is 53.1 Å². The summed E-state index contributed by atoms with van der Waals surface area (Å²) in [6.45, 7) is 9.11. The zero-order valence-electron chi connectivity index (χ0n) is 13.4. The van der Waals surface area contributed by atoms with Gasteiger partial charge in [0.15, 0.2) is 0 Å². The average Bonchev–Trinajstić information content (AvgIpc) is 2.32. The fourth-order valence-corrected chi connectivity index (χ4v) is 1.78. The Morgan fingerprint density at radius 3 is 2.00 bits per heavy atom. The number of nitrogens with one attached hydrogen (secondary N) is 3. The molecule has 0 saturated carbocycles. The van der Waals surface area contributed by atoms with E-state index in [1.807, 2.05) is 27.7 Å². The van der Waals surface area contributed by atoms with E-state index >= 15 is 0 Å². The summed E-state index contributed by atoms with van der Waals surface area (Å²) in [5.74, 6) is -1.62. The van der Waals surface area contributed by atoms with Gasteiger partial charge >= 0.3 is 12.0 Å². The monoisotopic (exact) mass is 301 g/mol. The minimum absolute atomic E-state index is 0.00718. The number of carboxylic acids is 1. The molecular weight excluding hydrogens is 274 g/mol. The summed E-state index contributed by atoms with van der Waals surface area (Å²) in [5, 5.41) is 16.7. The molecule has 0 radical (unpaired) electrons. The summed E-state index contributed by atoms with van der Waals surface area (Å²) in [4.78, 5) is 34.4. The van der Waals surface area contributed by atoms with Gasteiger partial charge in [0, 0.05) is 12.6 Å². The van der Waals surface area contributed by atoms with Crippen LogP contribution in [0.4, 0.5) is 4.79 Å². The van der Waals surface area contributed by atoms with Gasteiger partial charge in [0.05, 0.1) is 5.92 Å². The van der Waals surface area contributed by atoms with Crippen LogP contribution in [-0.4, -0.2) is 41.6 Å². The molecule has 0 aromatic carbocycles. The molecule has 0 heterocycles. The molecular formula is C14H27N3O4. The lowest BCUT2D eigenvalue weighted by Gasteiger charge is -2.18. The topological polar surface area (TPSA) is 108 Å². The van der Waals surface area contributed by atoms with E-state index in [1.165, 1.54) is 0 Å². The van der Waals surface area contributed by atoms with E-state index in [1.54, 1.807) is 6.92 Å². The van der Waals surface area contributed by atoms with Crippen molar-refractivity contribution in [2.75, 3.05) is 6.54 Å². The SMILES string of the molecule is CC(C)CC(CNC(=O)NC(C)C(=O)NC(C)C)C(=O)O. The second-order valence-corrected chi connectivity index (χ2v) is 5.90. The Kier molecular flexibility index (Phi) is 8.42. The van der Waals surface area contributed by atoms with Crippen molar-refractivity contribution < 1.29 is 19.5 Å². The van der Waals surface area contributed by atoms with Crippen LogP contribution in [0.5, 0.6) is 0 Å². The number of carboxylic acid groups (broad SMARTS) is 1. The van der Waals surface area contributed by atoms with Crippen LogP contribution in [0, 0.1) is 11.8 Å². The number of urea groups is 1. The maximum Gasteiger partial charge on any atom is 0.315 e. The predicted octanol–water partition coefficient (Wildman–Crippen LogP) is 0.946. The lowest BCUT2D eigenvalue weighted by atomic mass is 9.97. The Balaban J connectivity index is 4.24. The maximum atomic E-state index is 11.7. The third kappa shape index (κ3) is 8.88. The van der Waals surface area contributed by atoms with E-state index < -0.39 is 24.0 Å². The van der Waals surface area contributed by atoms with Crippen molar-refractivity contribution in [3.63, 3.8) is 0 Å². The molecule has 7 nitrogen and oxygen atoms in total. The van der Waals surface area contributed by atoms with Crippen LogP contribution in [0.1, 0.15) is 41.0 Å². The number of carbonyl (C=O) groups is 3. The number of carbonyl (C=O) groups excluding carboxylic acids is 2. The van der Waals surface area contributed by atoms with Crippen molar-refractivity contribution in [3.8, 4) is 0 Å². The molecule has 0 bridgehead atoms. The zero-order chi connectivity index (χ0) is 16.6. The van der Waals surface area contributed by atoms with Crippen molar-refractivity contribution in [1.82, 2.24) is 16.0 Å². The number of rotatable bonds is 8. The molecule has 0 aliphatic rings. The van der Waals surface area contributed by atoms with Gasteiger partial charge in [-0.1, -0.05) is 13.8 Å². The molecule has 21 heavy (non-hydrogen) atoms. The molecule has 0 aromatic heterocycles. The Bertz CT molecular complexity index is 369. The summed E-state index contributed by atoms with van der Waals surface area (Å²) >= 11 is 0. The quantitative estimate of drug-likeness (QED) is 0.535. The highest BCUT2D eigenvalue weighted by molar-refractivity contribution is 5.86. The van der Waals surface area contributed by atoms with Gasteiger partial charge in [-0.05, 0) is 33.1 Å². The van der Waals surface area contributed by atoms with Crippen LogP contribution < -0.4 is 16.0 Å². The molecule has 3 amide bonds. The lowest BCUT2D eigenvalue weighted by molar-refractivity contribution is -0.142. The van der Waals surface area contributed by atoms with Gasteiger partial charge in [-0.25, -0.2) is 4.79 Å². The second kappa shape index (κ2) is 9.20. The largest absolute Gasteiger partial charge is 0.481 e. The molecule has 0 spiro atoms. The van der Waals surface area contributed by atoms with Gasteiger partial charge in [-0.2, -0.15) is 0 Å². The fourth-order valence-electron chi connectivity index (χ4n) is 1.78. The molecule has 0 saturated heterocycles. The highest BCUT2D eigenvalue weighted by Gasteiger charge is 2.21. The Hall–Kier alpha value is -1.79. The van der Waals surface area contributed by atoms with E-state index in [-0.39, 0.29) is 24.4 Å². The van der Waals surface area contributed by atoms with Crippen molar-refractivity contribution in [1.29, 1.82) is 0 Å². The first-order valence-corrected chi connectivity index (χ1v) is 7.21. The van der Waals surface area contributed by atoms with Gasteiger partial charge in [0.1, 0.15) is 6.04 Å². The molecule has 2 unspecified atom stereocenters. The van der Waals surface area contributed by atoms with E-state index in [2.05, 4.69) is 16.0 Å². The molecule has 0 aliphatic heterocycles. The Morgan fingerprint density at radius 2 is 1.57 bits per heavy atom. The summed E-state index contributed by atoms with van der Waals surface area (Å²) < 4.78 is 0. The zero-order valence-corrected chi connectivity index (χ0v) is 13.4. The Labute approximate surface area is 125 Å². The highest BCUT2D eigenvalue weighted by atomic mass is 16.4. The van der Waals surface area contributed by atoms with Crippen LogP contribution in [0.3, 0.4) is 0 Å². The molecule has 122 valence electrons. The number of hydrogen-bond donors (Lipinski definition) is 4. The number of hydrogen-bond acceptors (Lipinski definition) is 3. The standard InChI is InChI=1S/C14H27N3O4/c1-8(2)6-11(13(19)20)7-15-14(21)17-10(5)12(18)16-9(3)4/h8-11H,6-7H2,1-5H3,(H,16,18)(H,19,20)(H2,15,17,21). The summed E-state index contributed by atoms with van der Waals surface area (Å²) in [6.07, 6.45) is 0.485. The fraction of sp³-hybridized carbons (Fsp3) is 0.786. The minimum Gasteiger partial charge on any atom is -0.481 e. The third-order valence-corrected chi connectivity index (χ3v) is 2.79.